The molecule has 0 unspecified atom stereocenters. The molecule has 2 aromatic rings. The van der Waals surface area contributed by atoms with Gasteiger partial charge in [-0.25, -0.2) is 9.59 Å². The van der Waals surface area contributed by atoms with Crippen molar-refractivity contribution in [3.8, 4) is 0 Å². The predicted octanol–water partition coefficient (Wildman–Crippen LogP) is 4.13. The highest BCUT2D eigenvalue weighted by Gasteiger charge is 2.27. The van der Waals surface area contributed by atoms with Gasteiger partial charge in [-0.2, -0.15) is 0 Å². The second-order valence-electron chi connectivity index (χ2n) is 7.85. The van der Waals surface area contributed by atoms with Gasteiger partial charge in [-0.3, -0.25) is 4.79 Å². The molecule has 0 fully saturated rings. The zero-order valence-corrected chi connectivity index (χ0v) is 18.2. The van der Waals surface area contributed by atoms with E-state index in [2.05, 4.69) is 4.98 Å². The minimum absolute atomic E-state index is 0.0591. The van der Waals surface area contributed by atoms with E-state index in [1.54, 1.807) is 34.6 Å². The lowest BCUT2D eigenvalue weighted by atomic mass is 10.0. The van der Waals surface area contributed by atoms with E-state index in [0.29, 0.717) is 11.1 Å². The van der Waals surface area contributed by atoms with Crippen molar-refractivity contribution in [2.24, 2.45) is 0 Å². The Morgan fingerprint density at radius 2 is 1.63 bits per heavy atom. The summed E-state index contributed by atoms with van der Waals surface area (Å²) in [5, 5.41) is 0. The lowest BCUT2D eigenvalue weighted by Crippen LogP contribution is -2.25. The predicted molar refractivity (Wildman–Crippen MR) is 111 cm³/mol. The fourth-order valence-corrected chi connectivity index (χ4v) is 2.89. The van der Waals surface area contributed by atoms with E-state index in [0.717, 1.165) is 5.56 Å². The highest BCUT2D eigenvalue weighted by Crippen LogP contribution is 2.24. The molecule has 0 aliphatic carbocycles. The third-order valence-electron chi connectivity index (χ3n) is 4.28. The number of rotatable bonds is 8. The first-order chi connectivity index (χ1) is 14.1. The maximum Gasteiger partial charge on any atom is 0.355 e. The van der Waals surface area contributed by atoms with Gasteiger partial charge in [-0.1, -0.05) is 30.3 Å². The van der Waals surface area contributed by atoms with Gasteiger partial charge in [0.05, 0.1) is 6.61 Å². The number of aromatic amines is 1. The van der Waals surface area contributed by atoms with Crippen molar-refractivity contribution in [2.75, 3.05) is 6.61 Å². The van der Waals surface area contributed by atoms with Crippen molar-refractivity contribution in [3.63, 3.8) is 0 Å². The number of aromatic nitrogens is 1. The van der Waals surface area contributed by atoms with Gasteiger partial charge < -0.3 is 19.2 Å². The monoisotopic (exact) mass is 415 g/mol. The fraction of sp³-hybridized carbons (Fsp3) is 0.435. The molecule has 0 aliphatic rings. The largest absolute Gasteiger partial charge is 0.461 e. The number of carbonyl (C=O) groups excluding carboxylic acids is 3. The number of nitrogens with one attached hydrogen (secondary N) is 1. The topological polar surface area (TPSA) is 94.7 Å². The summed E-state index contributed by atoms with van der Waals surface area (Å²) in [6.45, 7) is 9.07. The first-order valence-corrected chi connectivity index (χ1v) is 9.93. The molecule has 0 amide bonds. The number of H-pyrrole nitrogens is 1. The molecule has 7 heteroatoms. The lowest BCUT2D eigenvalue weighted by molar-refractivity contribution is -0.144. The van der Waals surface area contributed by atoms with E-state index in [-0.39, 0.29) is 37.4 Å². The zero-order valence-electron chi connectivity index (χ0n) is 18.2. The Hall–Kier alpha value is -3.09. The van der Waals surface area contributed by atoms with Gasteiger partial charge in [-0.05, 0) is 57.7 Å². The average Bonchev–Trinajstić information content (AvgIpc) is 3.01. The SMILES string of the molecule is CCOC(=O)c1[nH]c(C(=O)OC(C)(C)C)c(CCC(=O)OCc2ccccc2)c1C. The van der Waals surface area contributed by atoms with Gasteiger partial charge >= 0.3 is 17.9 Å². The van der Waals surface area contributed by atoms with E-state index in [1.165, 1.54) is 0 Å². The molecule has 1 aromatic heterocycles. The highest BCUT2D eigenvalue weighted by atomic mass is 16.6. The maximum atomic E-state index is 12.7. The number of benzene rings is 1. The normalized spacial score (nSPS) is 11.1. The van der Waals surface area contributed by atoms with E-state index >= 15 is 0 Å². The standard InChI is InChI=1S/C23H29NO6/c1-6-28-21(26)19-15(2)17(20(24-19)22(27)30-23(3,4)5)12-13-18(25)29-14-16-10-8-7-9-11-16/h7-11,24H,6,12-14H2,1-5H3. The molecule has 0 radical (unpaired) electrons. The van der Waals surface area contributed by atoms with E-state index < -0.39 is 23.5 Å². The van der Waals surface area contributed by atoms with E-state index in [4.69, 9.17) is 14.2 Å². The molecule has 0 atom stereocenters. The van der Waals surface area contributed by atoms with Gasteiger partial charge in [0.15, 0.2) is 0 Å². The molecule has 0 spiro atoms. The van der Waals surface area contributed by atoms with Crippen LogP contribution in [0.4, 0.5) is 0 Å². The van der Waals surface area contributed by atoms with Crippen molar-refractivity contribution < 1.29 is 28.6 Å². The number of esters is 3. The first-order valence-electron chi connectivity index (χ1n) is 9.93. The zero-order chi connectivity index (χ0) is 22.3. The van der Waals surface area contributed by atoms with Crippen LogP contribution in [0.5, 0.6) is 0 Å². The minimum atomic E-state index is -0.702. The van der Waals surface area contributed by atoms with Crippen LogP contribution in [0.15, 0.2) is 30.3 Å². The Kier molecular flexibility index (Phi) is 7.80. The van der Waals surface area contributed by atoms with Crippen LogP contribution in [-0.4, -0.2) is 35.1 Å². The maximum absolute atomic E-state index is 12.7. The van der Waals surface area contributed by atoms with Crippen LogP contribution in [-0.2, 0) is 32.0 Å². The number of ether oxygens (including phenoxy) is 3. The Morgan fingerprint density at radius 1 is 0.967 bits per heavy atom. The molecule has 7 nitrogen and oxygen atoms in total. The quantitative estimate of drug-likeness (QED) is 0.515. The summed E-state index contributed by atoms with van der Waals surface area (Å²) in [6, 6.07) is 9.37. The first kappa shape index (κ1) is 23.2. The molecule has 30 heavy (non-hydrogen) atoms. The minimum Gasteiger partial charge on any atom is -0.461 e. The highest BCUT2D eigenvalue weighted by molar-refractivity contribution is 5.96. The number of hydrogen-bond donors (Lipinski definition) is 1. The Balaban J connectivity index is 2.16. The van der Waals surface area contributed by atoms with Crippen molar-refractivity contribution in [1.82, 2.24) is 4.98 Å². The van der Waals surface area contributed by atoms with Crippen LogP contribution in [0.25, 0.3) is 0 Å². The van der Waals surface area contributed by atoms with Crippen LogP contribution >= 0.6 is 0 Å². The lowest BCUT2D eigenvalue weighted by Gasteiger charge is -2.19. The Labute approximate surface area is 176 Å². The summed E-state index contributed by atoms with van der Waals surface area (Å²) < 4.78 is 15.8. The Bertz CT molecular complexity index is 892. The van der Waals surface area contributed by atoms with Crippen LogP contribution in [0.1, 0.15) is 71.8 Å². The van der Waals surface area contributed by atoms with Gasteiger partial charge in [0.25, 0.3) is 0 Å². The smallest absolute Gasteiger partial charge is 0.355 e. The molecule has 0 saturated heterocycles. The van der Waals surface area contributed by atoms with Crippen LogP contribution in [0, 0.1) is 6.92 Å². The Morgan fingerprint density at radius 3 is 2.23 bits per heavy atom. The summed E-state index contributed by atoms with van der Waals surface area (Å²) in [5.74, 6) is -1.54. The fourth-order valence-electron chi connectivity index (χ4n) is 2.89. The van der Waals surface area contributed by atoms with Gasteiger partial charge in [-0.15, -0.1) is 0 Å². The average molecular weight is 415 g/mol. The van der Waals surface area contributed by atoms with Gasteiger partial charge in [0, 0.05) is 6.42 Å². The van der Waals surface area contributed by atoms with Crippen LogP contribution in [0.2, 0.25) is 0 Å². The second kappa shape index (κ2) is 10.1. The molecule has 1 heterocycles. The summed E-state index contributed by atoms with van der Waals surface area (Å²) in [7, 11) is 0. The van der Waals surface area contributed by atoms with Crippen molar-refractivity contribution in [3.05, 3.63) is 58.4 Å². The van der Waals surface area contributed by atoms with Crippen molar-refractivity contribution in [1.29, 1.82) is 0 Å². The summed E-state index contributed by atoms with van der Waals surface area (Å²) >= 11 is 0. The third-order valence-corrected chi connectivity index (χ3v) is 4.28. The number of hydrogen-bond acceptors (Lipinski definition) is 6. The van der Waals surface area contributed by atoms with Gasteiger partial charge in [0.2, 0.25) is 0 Å². The van der Waals surface area contributed by atoms with Crippen molar-refractivity contribution >= 4 is 17.9 Å². The molecule has 0 bridgehead atoms. The molecule has 1 aromatic carbocycles. The molecular weight excluding hydrogens is 386 g/mol. The van der Waals surface area contributed by atoms with Crippen molar-refractivity contribution in [2.45, 2.75) is 59.7 Å². The second-order valence-corrected chi connectivity index (χ2v) is 7.85. The van der Waals surface area contributed by atoms with E-state index in [1.807, 2.05) is 30.3 Å². The summed E-state index contributed by atoms with van der Waals surface area (Å²) in [6.07, 6.45) is 0.285. The van der Waals surface area contributed by atoms with E-state index in [9.17, 15) is 14.4 Å². The van der Waals surface area contributed by atoms with Gasteiger partial charge in [0.1, 0.15) is 23.6 Å². The molecule has 1 N–H and O–H groups in total. The molecule has 2 rings (SSSR count). The molecule has 162 valence electrons. The van der Waals surface area contributed by atoms with Crippen LogP contribution < -0.4 is 0 Å². The van der Waals surface area contributed by atoms with Crippen LogP contribution in [0.3, 0.4) is 0 Å². The molecular formula is C23H29NO6. The summed E-state index contributed by atoms with van der Waals surface area (Å²) in [4.78, 5) is 40.0. The number of carbonyl (C=O) groups is 3. The third kappa shape index (κ3) is 6.47. The molecule has 0 aliphatic heterocycles. The summed E-state index contributed by atoms with van der Waals surface area (Å²) in [5.41, 5.74) is 1.63. The molecule has 0 saturated carbocycles.